The number of hydrogen-bond donors (Lipinski definition) is 1. The summed E-state index contributed by atoms with van der Waals surface area (Å²) in [7, 11) is -0.0451. The maximum absolute atomic E-state index is 12.7. The van der Waals surface area contributed by atoms with Crippen LogP contribution in [0.15, 0.2) is 33.6 Å². The summed E-state index contributed by atoms with van der Waals surface area (Å²) >= 11 is 3.29. The molecule has 0 amide bonds. The molecule has 136 valence electrons. The SMILES string of the molecule is CCOc1ccc(Br)cc1S(=O)(=O)NCc1nc(C)cc(N(C)C)n1. The molecule has 2 rings (SSSR count). The number of nitrogens with one attached hydrogen (secondary N) is 1. The Hall–Kier alpha value is -1.71. The summed E-state index contributed by atoms with van der Waals surface area (Å²) in [5.41, 5.74) is 0.769. The molecule has 0 unspecified atom stereocenters. The van der Waals surface area contributed by atoms with Crippen LogP contribution in [0, 0.1) is 6.92 Å². The van der Waals surface area contributed by atoms with Crippen molar-refractivity contribution in [2.24, 2.45) is 0 Å². The Bertz CT molecular complexity index is 856. The molecular weight excluding hydrogens is 408 g/mol. The van der Waals surface area contributed by atoms with Gasteiger partial charge in [-0.2, -0.15) is 0 Å². The van der Waals surface area contributed by atoms with Gasteiger partial charge in [0.25, 0.3) is 0 Å². The van der Waals surface area contributed by atoms with Crippen LogP contribution in [0.2, 0.25) is 0 Å². The van der Waals surface area contributed by atoms with Crippen LogP contribution in [-0.2, 0) is 16.6 Å². The van der Waals surface area contributed by atoms with Gasteiger partial charge in [-0.15, -0.1) is 0 Å². The Morgan fingerprint density at radius 1 is 1.24 bits per heavy atom. The van der Waals surface area contributed by atoms with Crippen molar-refractivity contribution < 1.29 is 13.2 Å². The summed E-state index contributed by atoms with van der Waals surface area (Å²) in [5.74, 6) is 1.43. The van der Waals surface area contributed by atoms with E-state index in [1.165, 1.54) is 6.07 Å². The molecule has 0 radical (unpaired) electrons. The molecular formula is C16H21BrN4O3S. The molecule has 0 aliphatic rings. The van der Waals surface area contributed by atoms with Gasteiger partial charge in [0.2, 0.25) is 10.0 Å². The lowest BCUT2D eigenvalue weighted by atomic mass is 10.3. The fourth-order valence-electron chi connectivity index (χ4n) is 2.12. The number of sulfonamides is 1. The van der Waals surface area contributed by atoms with E-state index in [1.807, 2.05) is 32.0 Å². The summed E-state index contributed by atoms with van der Waals surface area (Å²) in [6.07, 6.45) is 0. The van der Waals surface area contributed by atoms with E-state index >= 15 is 0 Å². The normalized spacial score (nSPS) is 11.4. The van der Waals surface area contributed by atoms with E-state index in [-0.39, 0.29) is 11.4 Å². The number of anilines is 1. The van der Waals surface area contributed by atoms with Crippen LogP contribution in [0.1, 0.15) is 18.4 Å². The number of benzene rings is 1. The topological polar surface area (TPSA) is 84.4 Å². The Morgan fingerprint density at radius 2 is 1.96 bits per heavy atom. The molecule has 9 heteroatoms. The van der Waals surface area contributed by atoms with E-state index in [2.05, 4.69) is 30.6 Å². The molecule has 1 aromatic heterocycles. The number of ether oxygens (including phenoxy) is 1. The van der Waals surface area contributed by atoms with Crippen LogP contribution in [0.5, 0.6) is 5.75 Å². The summed E-state index contributed by atoms with van der Waals surface area (Å²) < 4.78 is 34.0. The Morgan fingerprint density at radius 3 is 2.60 bits per heavy atom. The number of halogens is 1. The van der Waals surface area contributed by atoms with E-state index in [4.69, 9.17) is 4.74 Å². The van der Waals surface area contributed by atoms with Gasteiger partial charge in [-0.3, -0.25) is 0 Å². The quantitative estimate of drug-likeness (QED) is 0.728. The lowest BCUT2D eigenvalue weighted by Crippen LogP contribution is -2.25. The Kier molecular flexibility index (Phi) is 6.36. The van der Waals surface area contributed by atoms with Crippen LogP contribution < -0.4 is 14.4 Å². The summed E-state index contributed by atoms with van der Waals surface area (Å²) in [4.78, 5) is 10.6. The van der Waals surface area contributed by atoms with Gasteiger partial charge in [0.1, 0.15) is 22.3 Å². The van der Waals surface area contributed by atoms with Crippen molar-refractivity contribution >= 4 is 31.8 Å². The number of aryl methyl sites for hydroxylation is 1. The zero-order valence-corrected chi connectivity index (χ0v) is 17.0. The van der Waals surface area contributed by atoms with Crippen molar-refractivity contribution in [3.8, 4) is 5.75 Å². The molecule has 0 atom stereocenters. The summed E-state index contributed by atoms with van der Waals surface area (Å²) in [5, 5.41) is 0. The predicted molar refractivity (Wildman–Crippen MR) is 100 cm³/mol. The first kappa shape index (κ1) is 19.6. The smallest absolute Gasteiger partial charge is 0.244 e. The van der Waals surface area contributed by atoms with Crippen molar-refractivity contribution in [2.45, 2.75) is 25.3 Å². The van der Waals surface area contributed by atoms with Gasteiger partial charge in [-0.25, -0.2) is 23.1 Å². The molecule has 7 nitrogen and oxygen atoms in total. The van der Waals surface area contributed by atoms with Crippen molar-refractivity contribution in [2.75, 3.05) is 25.6 Å². The number of hydrogen-bond acceptors (Lipinski definition) is 6. The van der Waals surface area contributed by atoms with Crippen LogP contribution in [-0.4, -0.2) is 39.1 Å². The van der Waals surface area contributed by atoms with Gasteiger partial charge in [0, 0.05) is 30.3 Å². The van der Waals surface area contributed by atoms with Gasteiger partial charge in [-0.05, 0) is 32.0 Å². The first-order chi connectivity index (χ1) is 11.7. The Labute approximate surface area is 156 Å². The van der Waals surface area contributed by atoms with Gasteiger partial charge in [-0.1, -0.05) is 15.9 Å². The van der Waals surface area contributed by atoms with E-state index in [1.54, 1.807) is 19.1 Å². The molecule has 0 aliphatic carbocycles. The average molecular weight is 429 g/mol. The minimum Gasteiger partial charge on any atom is -0.492 e. The maximum Gasteiger partial charge on any atom is 0.244 e. The monoisotopic (exact) mass is 428 g/mol. The molecule has 0 saturated heterocycles. The summed E-state index contributed by atoms with van der Waals surface area (Å²) in [6.45, 7) is 4.00. The van der Waals surface area contributed by atoms with Gasteiger partial charge in [0.05, 0.1) is 13.2 Å². The minimum atomic E-state index is -3.78. The zero-order valence-electron chi connectivity index (χ0n) is 14.6. The Balaban J connectivity index is 2.27. The van der Waals surface area contributed by atoms with Crippen molar-refractivity contribution in [1.29, 1.82) is 0 Å². The second-order valence-electron chi connectivity index (χ2n) is 5.53. The first-order valence-corrected chi connectivity index (χ1v) is 9.94. The molecule has 0 bridgehead atoms. The number of nitrogens with zero attached hydrogens (tertiary/aromatic N) is 3. The molecule has 2 aromatic rings. The van der Waals surface area contributed by atoms with E-state index in [9.17, 15) is 8.42 Å². The second kappa shape index (κ2) is 8.11. The van der Waals surface area contributed by atoms with E-state index in [0.29, 0.717) is 22.7 Å². The van der Waals surface area contributed by atoms with Crippen LogP contribution in [0.25, 0.3) is 0 Å². The third-order valence-corrected chi connectivity index (χ3v) is 5.18. The standard InChI is InChI=1S/C16H21BrN4O3S/c1-5-24-13-7-6-12(17)9-14(13)25(22,23)18-10-15-19-11(2)8-16(20-15)21(3)4/h6-9,18H,5,10H2,1-4H3. The third-order valence-electron chi connectivity index (χ3n) is 3.26. The van der Waals surface area contributed by atoms with Gasteiger partial charge >= 0.3 is 0 Å². The molecule has 0 fully saturated rings. The molecule has 0 saturated carbocycles. The van der Waals surface area contributed by atoms with Crippen LogP contribution in [0.3, 0.4) is 0 Å². The van der Waals surface area contributed by atoms with E-state index in [0.717, 1.165) is 11.5 Å². The average Bonchev–Trinajstić information content (AvgIpc) is 2.54. The summed E-state index contributed by atoms with van der Waals surface area (Å²) in [6, 6.07) is 6.70. The molecule has 1 aromatic carbocycles. The molecule has 1 N–H and O–H groups in total. The second-order valence-corrected chi connectivity index (χ2v) is 8.18. The van der Waals surface area contributed by atoms with Crippen molar-refractivity contribution in [1.82, 2.24) is 14.7 Å². The number of aromatic nitrogens is 2. The number of rotatable bonds is 7. The highest BCUT2D eigenvalue weighted by molar-refractivity contribution is 9.10. The highest BCUT2D eigenvalue weighted by Gasteiger charge is 2.20. The largest absolute Gasteiger partial charge is 0.492 e. The first-order valence-electron chi connectivity index (χ1n) is 7.67. The molecule has 25 heavy (non-hydrogen) atoms. The maximum atomic E-state index is 12.7. The highest BCUT2D eigenvalue weighted by atomic mass is 79.9. The third kappa shape index (κ3) is 5.13. The van der Waals surface area contributed by atoms with E-state index < -0.39 is 10.0 Å². The highest BCUT2D eigenvalue weighted by Crippen LogP contribution is 2.27. The molecule has 0 aliphatic heterocycles. The minimum absolute atomic E-state index is 0.0110. The lowest BCUT2D eigenvalue weighted by molar-refractivity contribution is 0.331. The molecule has 0 spiro atoms. The van der Waals surface area contributed by atoms with Crippen molar-refractivity contribution in [3.63, 3.8) is 0 Å². The van der Waals surface area contributed by atoms with Gasteiger partial charge < -0.3 is 9.64 Å². The van der Waals surface area contributed by atoms with Crippen LogP contribution >= 0.6 is 15.9 Å². The van der Waals surface area contributed by atoms with Gasteiger partial charge in [0.15, 0.2) is 0 Å². The lowest BCUT2D eigenvalue weighted by Gasteiger charge is -2.14. The van der Waals surface area contributed by atoms with Crippen molar-refractivity contribution in [3.05, 3.63) is 40.3 Å². The van der Waals surface area contributed by atoms with Crippen LogP contribution in [0.4, 0.5) is 5.82 Å². The molecule has 1 heterocycles. The predicted octanol–water partition coefficient (Wildman–Crippen LogP) is 2.49. The zero-order chi connectivity index (χ0) is 18.6. The fourth-order valence-corrected chi connectivity index (χ4v) is 3.79. The fraction of sp³-hybridized carbons (Fsp3) is 0.375.